The van der Waals surface area contributed by atoms with E-state index in [1.54, 1.807) is 24.3 Å². The second kappa shape index (κ2) is 10.6. The summed E-state index contributed by atoms with van der Waals surface area (Å²) in [5.74, 6) is -0.717. The van der Waals surface area contributed by atoms with Crippen LogP contribution in [0.5, 0.6) is 17.2 Å². The number of sulfonamides is 1. The van der Waals surface area contributed by atoms with Crippen molar-refractivity contribution in [3.63, 3.8) is 0 Å². The van der Waals surface area contributed by atoms with Crippen LogP contribution in [0.4, 0.5) is 24.5 Å². The highest BCUT2D eigenvalue weighted by Crippen LogP contribution is 2.35. The molecule has 0 bridgehead atoms. The largest absolute Gasteiger partial charge is 0.573 e. The highest BCUT2D eigenvalue weighted by atomic mass is 32.2. The Bertz CT molecular complexity index is 1270. The van der Waals surface area contributed by atoms with Crippen molar-refractivity contribution < 1.29 is 40.6 Å². The number of alkyl halides is 3. The van der Waals surface area contributed by atoms with Gasteiger partial charge in [-0.1, -0.05) is 18.2 Å². The molecule has 12 heteroatoms. The third kappa shape index (κ3) is 6.57. The number of nitrogens with one attached hydrogen (secondary N) is 1. The highest BCUT2D eigenvalue weighted by Gasteiger charge is 2.31. The predicted molar refractivity (Wildman–Crippen MR) is 122 cm³/mol. The number of amides is 1. The number of hydrogen-bond donors (Lipinski definition) is 1. The fraction of sp³-hybridized carbons (Fsp3) is 0.174. The highest BCUT2D eigenvalue weighted by molar-refractivity contribution is 7.92. The van der Waals surface area contributed by atoms with Crippen LogP contribution >= 0.6 is 0 Å². The molecule has 8 nitrogen and oxygen atoms in total. The summed E-state index contributed by atoms with van der Waals surface area (Å²) in [7, 11) is -1.48. The van der Waals surface area contributed by atoms with E-state index in [9.17, 15) is 26.4 Å². The summed E-state index contributed by atoms with van der Waals surface area (Å²) in [6.07, 6.45) is -4.85. The molecule has 0 unspecified atom stereocenters. The lowest BCUT2D eigenvalue weighted by Crippen LogP contribution is -2.38. The number of anilines is 2. The molecule has 0 aliphatic carbocycles. The van der Waals surface area contributed by atoms with Crippen molar-refractivity contribution in [1.29, 1.82) is 0 Å². The first-order valence-corrected chi connectivity index (χ1v) is 11.4. The second-order valence-electron chi connectivity index (χ2n) is 6.98. The normalized spacial score (nSPS) is 11.5. The molecule has 0 radical (unpaired) electrons. The lowest BCUT2D eigenvalue weighted by molar-refractivity contribution is -0.274. The average molecular weight is 510 g/mol. The van der Waals surface area contributed by atoms with Gasteiger partial charge in [-0.3, -0.25) is 9.10 Å². The van der Waals surface area contributed by atoms with Crippen molar-refractivity contribution in [3.8, 4) is 17.2 Å². The second-order valence-corrected chi connectivity index (χ2v) is 8.85. The van der Waals surface area contributed by atoms with Crippen LogP contribution in [0, 0.1) is 0 Å². The number of methoxy groups -OCH3 is 2. The minimum Gasteiger partial charge on any atom is -0.497 e. The number of rotatable bonds is 9. The molecule has 186 valence electrons. The van der Waals surface area contributed by atoms with E-state index in [-0.39, 0.29) is 22.0 Å². The van der Waals surface area contributed by atoms with Crippen molar-refractivity contribution in [1.82, 2.24) is 0 Å². The summed E-state index contributed by atoms with van der Waals surface area (Å²) in [5, 5.41) is 2.47. The van der Waals surface area contributed by atoms with Crippen LogP contribution in [-0.2, 0) is 14.8 Å². The fourth-order valence-corrected chi connectivity index (χ4v) is 4.53. The van der Waals surface area contributed by atoms with Crippen molar-refractivity contribution in [3.05, 3.63) is 72.8 Å². The third-order valence-electron chi connectivity index (χ3n) is 4.64. The topological polar surface area (TPSA) is 94.2 Å². The fourth-order valence-electron chi connectivity index (χ4n) is 3.08. The van der Waals surface area contributed by atoms with Crippen LogP contribution in [0.3, 0.4) is 0 Å². The molecule has 3 rings (SSSR count). The quantitative estimate of drug-likeness (QED) is 0.458. The van der Waals surface area contributed by atoms with Crippen molar-refractivity contribution in [2.24, 2.45) is 0 Å². The van der Waals surface area contributed by atoms with Crippen molar-refractivity contribution in [2.75, 3.05) is 30.4 Å². The van der Waals surface area contributed by atoms with E-state index in [4.69, 9.17) is 9.47 Å². The van der Waals surface area contributed by atoms with Crippen molar-refractivity contribution >= 4 is 27.3 Å². The van der Waals surface area contributed by atoms with Gasteiger partial charge < -0.3 is 19.5 Å². The standard InChI is InChI=1S/C23H21F3N2O6S/c1-32-18-12-13-21(33-2)20(14-18)28(35(30,31)19-6-4-3-5-7-19)15-22(29)27-16-8-10-17(11-9-16)34-23(24,25)26/h3-14H,15H2,1-2H3,(H,27,29). The Balaban J connectivity index is 1.93. The first-order valence-electron chi connectivity index (χ1n) is 9.99. The van der Waals surface area contributed by atoms with E-state index in [1.165, 1.54) is 50.6 Å². The molecule has 3 aromatic rings. The molecule has 0 aliphatic rings. The van der Waals surface area contributed by atoms with Gasteiger partial charge in [0.25, 0.3) is 10.0 Å². The van der Waals surface area contributed by atoms with Gasteiger partial charge in [0, 0.05) is 11.8 Å². The molecule has 0 atom stereocenters. The summed E-state index contributed by atoms with van der Waals surface area (Å²) in [4.78, 5) is 12.8. The molecular formula is C23H21F3N2O6S. The van der Waals surface area contributed by atoms with Gasteiger partial charge in [-0.15, -0.1) is 13.2 Å². The van der Waals surface area contributed by atoms with Gasteiger partial charge in [0.2, 0.25) is 5.91 Å². The zero-order chi connectivity index (χ0) is 25.6. The van der Waals surface area contributed by atoms with Crippen LogP contribution in [0.1, 0.15) is 0 Å². The van der Waals surface area contributed by atoms with E-state index in [0.29, 0.717) is 5.75 Å². The first-order chi connectivity index (χ1) is 16.5. The van der Waals surface area contributed by atoms with E-state index in [1.807, 2.05) is 0 Å². The maximum atomic E-state index is 13.5. The van der Waals surface area contributed by atoms with E-state index < -0.39 is 34.6 Å². The summed E-state index contributed by atoms with van der Waals surface area (Å²) in [6, 6.07) is 16.4. The van der Waals surface area contributed by atoms with Gasteiger partial charge >= 0.3 is 6.36 Å². The Morgan fingerprint density at radius 1 is 0.914 bits per heavy atom. The van der Waals surface area contributed by atoms with Gasteiger partial charge in [0.1, 0.15) is 23.8 Å². The lowest BCUT2D eigenvalue weighted by atomic mass is 10.2. The maximum absolute atomic E-state index is 13.5. The number of carbonyl (C=O) groups excluding carboxylic acids is 1. The molecule has 0 aliphatic heterocycles. The molecule has 0 saturated heterocycles. The Hall–Kier alpha value is -3.93. The van der Waals surface area contributed by atoms with Crippen LogP contribution in [0.15, 0.2) is 77.7 Å². The van der Waals surface area contributed by atoms with E-state index in [0.717, 1.165) is 16.4 Å². The smallest absolute Gasteiger partial charge is 0.497 e. The Labute approximate surface area is 199 Å². The number of benzene rings is 3. The molecule has 3 aromatic carbocycles. The molecule has 0 spiro atoms. The van der Waals surface area contributed by atoms with Gasteiger partial charge in [-0.2, -0.15) is 0 Å². The van der Waals surface area contributed by atoms with E-state index >= 15 is 0 Å². The SMILES string of the molecule is COc1ccc(OC)c(N(CC(=O)Nc2ccc(OC(F)(F)F)cc2)S(=O)(=O)c2ccccc2)c1. The minimum absolute atomic E-state index is 0.0554. The number of halogens is 3. The van der Waals surface area contributed by atoms with E-state index in [2.05, 4.69) is 10.1 Å². The number of carbonyl (C=O) groups is 1. The molecule has 0 saturated carbocycles. The monoisotopic (exact) mass is 510 g/mol. The predicted octanol–water partition coefficient (Wildman–Crippen LogP) is 4.44. The maximum Gasteiger partial charge on any atom is 0.573 e. The number of ether oxygens (including phenoxy) is 3. The average Bonchev–Trinajstić information content (AvgIpc) is 2.83. The third-order valence-corrected chi connectivity index (χ3v) is 6.42. The Morgan fingerprint density at radius 2 is 1.54 bits per heavy atom. The van der Waals surface area contributed by atoms with Crippen LogP contribution < -0.4 is 23.8 Å². The summed E-state index contributed by atoms with van der Waals surface area (Å²) in [5.41, 5.74) is 0.193. The number of hydrogen-bond acceptors (Lipinski definition) is 6. The van der Waals surface area contributed by atoms with Gasteiger partial charge in [0.05, 0.1) is 24.8 Å². The van der Waals surface area contributed by atoms with Gasteiger partial charge in [0.15, 0.2) is 0 Å². The van der Waals surface area contributed by atoms with Crippen LogP contribution in [0.25, 0.3) is 0 Å². The number of nitrogens with zero attached hydrogens (tertiary/aromatic N) is 1. The summed E-state index contributed by atoms with van der Waals surface area (Å²) >= 11 is 0. The Kier molecular flexibility index (Phi) is 7.75. The first kappa shape index (κ1) is 25.7. The Morgan fingerprint density at radius 3 is 2.11 bits per heavy atom. The zero-order valence-corrected chi connectivity index (χ0v) is 19.4. The van der Waals surface area contributed by atoms with Crippen LogP contribution in [-0.4, -0.2) is 41.5 Å². The summed E-state index contributed by atoms with van der Waals surface area (Å²) < 4.78 is 79.2. The summed E-state index contributed by atoms with van der Waals surface area (Å²) in [6.45, 7) is -0.665. The molecule has 0 heterocycles. The van der Waals surface area contributed by atoms with Crippen molar-refractivity contribution in [2.45, 2.75) is 11.3 Å². The molecular weight excluding hydrogens is 489 g/mol. The molecule has 0 fully saturated rings. The lowest BCUT2D eigenvalue weighted by Gasteiger charge is -2.26. The van der Waals surface area contributed by atoms with Gasteiger partial charge in [-0.25, -0.2) is 8.42 Å². The van der Waals surface area contributed by atoms with Crippen LogP contribution in [0.2, 0.25) is 0 Å². The molecule has 1 N–H and O–H groups in total. The molecule has 0 aromatic heterocycles. The molecule has 1 amide bonds. The van der Waals surface area contributed by atoms with Gasteiger partial charge in [-0.05, 0) is 48.5 Å². The molecule has 35 heavy (non-hydrogen) atoms. The zero-order valence-electron chi connectivity index (χ0n) is 18.6. The minimum atomic E-state index is -4.85.